The molecular weight excluding hydrogens is 246 g/mol. The van der Waals surface area contributed by atoms with E-state index in [1.54, 1.807) is 12.1 Å². The molecule has 3 rings (SSSR count). The number of anilines is 1. The number of ketones is 1. The third-order valence-electron chi connectivity index (χ3n) is 3.14. The molecule has 3 nitrogen and oxygen atoms in total. The van der Waals surface area contributed by atoms with Gasteiger partial charge in [0, 0.05) is 11.9 Å². The van der Waals surface area contributed by atoms with Crippen LogP contribution in [-0.4, -0.2) is 24.1 Å². The SMILES string of the molecule is C=S1c2ccccc2N(C)C1C(=O)c1ccco1. The first-order chi connectivity index (χ1) is 8.70. The molecule has 4 heteroatoms. The molecule has 1 aromatic heterocycles. The monoisotopic (exact) mass is 259 g/mol. The first kappa shape index (κ1) is 11.3. The highest BCUT2D eigenvalue weighted by Gasteiger charge is 2.36. The number of carbonyl (C=O) groups excluding carboxylic acids is 1. The van der Waals surface area contributed by atoms with E-state index < -0.39 is 0 Å². The fourth-order valence-electron chi connectivity index (χ4n) is 2.25. The molecule has 1 aromatic carbocycles. The Morgan fingerprint density at radius 2 is 2.11 bits per heavy atom. The van der Waals surface area contributed by atoms with Crippen molar-refractivity contribution in [2.45, 2.75) is 10.3 Å². The summed E-state index contributed by atoms with van der Waals surface area (Å²) in [5.74, 6) is 4.57. The van der Waals surface area contributed by atoms with Gasteiger partial charge in [-0.1, -0.05) is 18.0 Å². The molecule has 2 heterocycles. The molecule has 0 saturated heterocycles. The van der Waals surface area contributed by atoms with E-state index in [1.807, 2.05) is 36.2 Å². The van der Waals surface area contributed by atoms with Gasteiger partial charge in [-0.2, -0.15) is 0 Å². The summed E-state index contributed by atoms with van der Waals surface area (Å²) in [7, 11) is 1.57. The summed E-state index contributed by atoms with van der Waals surface area (Å²) in [4.78, 5) is 15.6. The minimum Gasteiger partial charge on any atom is -0.461 e. The number of fused-ring (bicyclic) bond motifs is 1. The van der Waals surface area contributed by atoms with Crippen molar-refractivity contribution >= 4 is 27.8 Å². The third-order valence-corrected chi connectivity index (χ3v) is 5.12. The minimum absolute atomic E-state index is 0.00275. The molecule has 1 aliphatic rings. The van der Waals surface area contributed by atoms with Gasteiger partial charge in [0.25, 0.3) is 0 Å². The lowest BCUT2D eigenvalue weighted by Gasteiger charge is -2.20. The number of nitrogens with zero attached hydrogens (tertiary/aromatic N) is 1. The fourth-order valence-corrected chi connectivity index (χ4v) is 4.10. The maximum Gasteiger partial charge on any atom is 0.230 e. The maximum atomic E-state index is 12.4. The summed E-state index contributed by atoms with van der Waals surface area (Å²) in [5, 5.41) is -0.256. The Morgan fingerprint density at radius 3 is 2.78 bits per heavy atom. The van der Waals surface area contributed by atoms with Gasteiger partial charge in [0.1, 0.15) is 5.37 Å². The zero-order valence-electron chi connectivity index (χ0n) is 10.00. The van der Waals surface area contributed by atoms with Crippen molar-refractivity contribution in [3.63, 3.8) is 0 Å². The molecule has 0 amide bonds. The number of hydrogen-bond donors (Lipinski definition) is 0. The van der Waals surface area contributed by atoms with Crippen LogP contribution in [0.5, 0.6) is 0 Å². The van der Waals surface area contributed by atoms with E-state index in [-0.39, 0.29) is 21.6 Å². The first-order valence-corrected chi connectivity index (χ1v) is 7.08. The molecule has 0 N–H and O–H groups in total. The first-order valence-electron chi connectivity index (χ1n) is 5.62. The molecule has 92 valence electrons. The van der Waals surface area contributed by atoms with E-state index in [1.165, 1.54) is 6.26 Å². The number of benzene rings is 1. The Kier molecular flexibility index (Phi) is 2.59. The molecule has 18 heavy (non-hydrogen) atoms. The average molecular weight is 259 g/mol. The minimum atomic E-state index is -0.364. The van der Waals surface area contributed by atoms with Gasteiger partial charge < -0.3 is 9.32 Å². The topological polar surface area (TPSA) is 33.5 Å². The standard InChI is InChI=1S/C14H13NO2S/c1-15-10-6-3-4-8-12(10)18(2)14(15)13(16)11-7-5-9-17-11/h3-9,14H,2H2,1H3. The summed E-state index contributed by atoms with van der Waals surface area (Å²) in [6.45, 7) is 0. The summed E-state index contributed by atoms with van der Waals surface area (Å²) >= 11 is 0. The van der Waals surface area contributed by atoms with Crippen LogP contribution in [0.2, 0.25) is 0 Å². The van der Waals surface area contributed by atoms with E-state index in [0.717, 1.165) is 10.6 Å². The van der Waals surface area contributed by atoms with Crippen LogP contribution in [0.25, 0.3) is 0 Å². The van der Waals surface area contributed by atoms with Crippen LogP contribution < -0.4 is 4.90 Å². The highest BCUT2D eigenvalue weighted by atomic mass is 32.2. The van der Waals surface area contributed by atoms with Crippen molar-refractivity contribution in [3.8, 4) is 0 Å². The molecule has 1 aliphatic heterocycles. The van der Waals surface area contributed by atoms with Gasteiger partial charge in [0.2, 0.25) is 5.78 Å². The van der Waals surface area contributed by atoms with Gasteiger partial charge in [-0.15, -0.1) is 10.5 Å². The second kappa shape index (κ2) is 4.14. The summed E-state index contributed by atoms with van der Waals surface area (Å²) in [5.41, 5.74) is 1.08. The Hall–Kier alpha value is -1.81. The predicted octanol–water partition coefficient (Wildman–Crippen LogP) is 3.00. The van der Waals surface area contributed by atoms with Gasteiger partial charge in [0.05, 0.1) is 12.0 Å². The van der Waals surface area contributed by atoms with Crippen molar-refractivity contribution < 1.29 is 9.21 Å². The normalized spacial score (nSPS) is 21.9. The van der Waals surface area contributed by atoms with Crippen LogP contribution in [0.4, 0.5) is 5.69 Å². The number of hydrogen-bond acceptors (Lipinski definition) is 3. The van der Waals surface area contributed by atoms with Crippen molar-refractivity contribution in [1.29, 1.82) is 0 Å². The van der Waals surface area contributed by atoms with E-state index in [2.05, 4.69) is 5.87 Å². The number of carbonyl (C=O) groups is 1. The number of furan rings is 1. The lowest BCUT2D eigenvalue weighted by molar-refractivity contribution is 0.0963. The Balaban J connectivity index is 2.02. The Bertz CT molecular complexity index is 610. The van der Waals surface area contributed by atoms with Gasteiger partial charge in [-0.05, 0) is 24.3 Å². The van der Waals surface area contributed by atoms with Crippen LogP contribution in [0.3, 0.4) is 0 Å². The van der Waals surface area contributed by atoms with Crippen LogP contribution in [0.1, 0.15) is 10.6 Å². The highest BCUT2D eigenvalue weighted by Crippen LogP contribution is 2.47. The van der Waals surface area contributed by atoms with Crippen LogP contribution in [0.15, 0.2) is 52.0 Å². The molecule has 0 fully saturated rings. The summed E-state index contributed by atoms with van der Waals surface area (Å²) in [6.07, 6.45) is 1.52. The van der Waals surface area contributed by atoms with E-state index >= 15 is 0 Å². The molecule has 0 saturated carbocycles. The number of likely N-dealkylation sites (N-methyl/N-ethyl adjacent to an activating group) is 1. The molecule has 0 spiro atoms. The Labute approximate surface area is 108 Å². The smallest absolute Gasteiger partial charge is 0.230 e. The van der Waals surface area contributed by atoms with Crippen LogP contribution >= 0.6 is 10.5 Å². The number of para-hydroxylation sites is 1. The van der Waals surface area contributed by atoms with Gasteiger partial charge in [-0.3, -0.25) is 4.79 Å². The van der Waals surface area contributed by atoms with Crippen molar-refractivity contribution in [2.75, 3.05) is 11.9 Å². The molecular formula is C14H13NO2S. The molecule has 0 radical (unpaired) electrons. The van der Waals surface area contributed by atoms with Gasteiger partial charge in [0.15, 0.2) is 5.76 Å². The van der Waals surface area contributed by atoms with Crippen LogP contribution in [0, 0.1) is 0 Å². The lowest BCUT2D eigenvalue weighted by atomic mass is 10.2. The van der Waals surface area contributed by atoms with Crippen molar-refractivity contribution in [1.82, 2.24) is 0 Å². The largest absolute Gasteiger partial charge is 0.461 e. The zero-order chi connectivity index (χ0) is 12.7. The number of Topliss-reactive ketones (excluding diaryl/α,β-unsaturated/α-hetero) is 1. The van der Waals surface area contributed by atoms with E-state index in [4.69, 9.17) is 4.42 Å². The van der Waals surface area contributed by atoms with Crippen molar-refractivity contribution in [2.24, 2.45) is 0 Å². The highest BCUT2D eigenvalue weighted by molar-refractivity contribution is 8.15. The van der Waals surface area contributed by atoms with Crippen LogP contribution in [-0.2, 0) is 0 Å². The van der Waals surface area contributed by atoms with E-state index in [0.29, 0.717) is 5.76 Å². The second-order valence-corrected chi connectivity index (χ2v) is 5.95. The van der Waals surface area contributed by atoms with Gasteiger partial charge >= 0.3 is 0 Å². The molecule has 0 aliphatic carbocycles. The molecule has 2 aromatic rings. The summed E-state index contributed by atoms with van der Waals surface area (Å²) < 4.78 is 5.20. The maximum absolute atomic E-state index is 12.4. The fraction of sp³-hybridized carbons (Fsp3) is 0.143. The zero-order valence-corrected chi connectivity index (χ0v) is 10.8. The summed E-state index contributed by atoms with van der Waals surface area (Å²) in [6, 6.07) is 11.5. The van der Waals surface area contributed by atoms with E-state index in [9.17, 15) is 4.79 Å². The average Bonchev–Trinajstić information content (AvgIpc) is 2.99. The predicted molar refractivity (Wildman–Crippen MR) is 74.6 cm³/mol. The molecule has 2 unspecified atom stereocenters. The third kappa shape index (κ3) is 1.53. The van der Waals surface area contributed by atoms with Gasteiger partial charge in [-0.25, -0.2) is 0 Å². The number of rotatable bonds is 2. The Morgan fingerprint density at radius 1 is 1.33 bits per heavy atom. The van der Waals surface area contributed by atoms with Crippen molar-refractivity contribution in [3.05, 3.63) is 48.4 Å². The molecule has 0 bridgehead atoms. The second-order valence-electron chi connectivity index (χ2n) is 4.20. The molecule has 2 atom stereocenters. The lowest BCUT2D eigenvalue weighted by Crippen LogP contribution is -2.33. The quantitative estimate of drug-likeness (QED) is 0.614.